The molecule has 0 bridgehead atoms. The largest absolute Gasteiger partial charge is 0.353 e. The highest BCUT2D eigenvalue weighted by Crippen LogP contribution is 2.03. The first kappa shape index (κ1) is 10.1. The third-order valence-electron chi connectivity index (χ3n) is 1.91. The maximum atomic E-state index is 11.3. The van der Waals surface area contributed by atoms with Gasteiger partial charge in [0.15, 0.2) is 0 Å². The number of rotatable bonds is 0. The second kappa shape index (κ2) is 4.28. The summed E-state index contributed by atoms with van der Waals surface area (Å²) in [5, 5.41) is 2.67. The van der Waals surface area contributed by atoms with Crippen molar-refractivity contribution in [3.63, 3.8) is 0 Å². The van der Waals surface area contributed by atoms with Crippen LogP contribution in [0.1, 0.15) is 6.92 Å². The Morgan fingerprint density at radius 2 is 2.46 bits per heavy atom. The standard InChI is InChI=1S/C8H9BrN2O2/c1-6-8(13)10-4-5-11(6)7(12)2-3-9/h6H,4-5H2,1H3,(H,10,13). The van der Waals surface area contributed by atoms with E-state index in [1.54, 1.807) is 6.92 Å². The van der Waals surface area contributed by atoms with Gasteiger partial charge in [-0.2, -0.15) is 0 Å². The van der Waals surface area contributed by atoms with E-state index in [2.05, 4.69) is 32.0 Å². The highest BCUT2D eigenvalue weighted by molar-refractivity contribution is 9.12. The van der Waals surface area contributed by atoms with Crippen molar-refractivity contribution in [2.24, 2.45) is 0 Å². The molecule has 0 aromatic carbocycles. The molecule has 1 atom stereocenters. The van der Waals surface area contributed by atoms with Gasteiger partial charge >= 0.3 is 0 Å². The molecule has 0 saturated carbocycles. The van der Waals surface area contributed by atoms with Gasteiger partial charge < -0.3 is 10.2 Å². The fourth-order valence-corrected chi connectivity index (χ4v) is 1.34. The molecule has 1 aliphatic rings. The van der Waals surface area contributed by atoms with E-state index in [9.17, 15) is 9.59 Å². The number of carbonyl (C=O) groups is 2. The average Bonchev–Trinajstić information content (AvgIpc) is 2.10. The molecule has 4 nitrogen and oxygen atoms in total. The van der Waals surface area contributed by atoms with Crippen molar-refractivity contribution in [2.75, 3.05) is 13.1 Å². The third kappa shape index (κ3) is 2.22. The van der Waals surface area contributed by atoms with Crippen molar-refractivity contribution in [3.8, 4) is 10.8 Å². The molecule has 0 spiro atoms. The molecule has 0 radical (unpaired) electrons. The van der Waals surface area contributed by atoms with Crippen molar-refractivity contribution in [1.29, 1.82) is 0 Å². The predicted octanol–water partition coefficient (Wildman–Crippen LogP) is -0.311. The van der Waals surface area contributed by atoms with E-state index in [4.69, 9.17) is 0 Å². The lowest BCUT2D eigenvalue weighted by Gasteiger charge is -2.31. The number of halogens is 1. The van der Waals surface area contributed by atoms with Crippen molar-refractivity contribution in [2.45, 2.75) is 13.0 Å². The minimum atomic E-state index is -0.422. The molecule has 13 heavy (non-hydrogen) atoms. The first-order valence-electron chi connectivity index (χ1n) is 3.86. The Kier molecular flexibility index (Phi) is 3.32. The maximum Gasteiger partial charge on any atom is 0.300 e. The molecule has 1 heterocycles. The third-order valence-corrected chi connectivity index (χ3v) is 2.11. The molecule has 1 saturated heterocycles. The minimum absolute atomic E-state index is 0.129. The van der Waals surface area contributed by atoms with E-state index in [1.165, 1.54) is 4.90 Å². The van der Waals surface area contributed by atoms with Gasteiger partial charge in [0.2, 0.25) is 5.91 Å². The smallest absolute Gasteiger partial charge is 0.300 e. The van der Waals surface area contributed by atoms with Gasteiger partial charge in [-0.05, 0) is 11.8 Å². The van der Waals surface area contributed by atoms with E-state index in [1.807, 2.05) is 0 Å². The Morgan fingerprint density at radius 1 is 1.77 bits per heavy atom. The number of carbonyl (C=O) groups excluding carboxylic acids is 2. The van der Waals surface area contributed by atoms with Crippen molar-refractivity contribution >= 4 is 27.7 Å². The molecule has 0 aromatic heterocycles. The Labute approximate surface area is 84.8 Å². The van der Waals surface area contributed by atoms with Crippen LogP contribution in [-0.2, 0) is 9.59 Å². The van der Waals surface area contributed by atoms with Crippen LogP contribution in [0.4, 0.5) is 0 Å². The number of nitrogens with one attached hydrogen (secondary N) is 1. The molecule has 0 aliphatic carbocycles. The molecule has 1 aliphatic heterocycles. The summed E-state index contributed by atoms with van der Waals surface area (Å²) in [6, 6.07) is -0.422. The summed E-state index contributed by atoms with van der Waals surface area (Å²) in [5.41, 5.74) is 0. The van der Waals surface area contributed by atoms with Gasteiger partial charge in [0.05, 0.1) is 0 Å². The Morgan fingerprint density at radius 3 is 3.08 bits per heavy atom. The molecule has 5 heteroatoms. The summed E-state index contributed by atoms with van der Waals surface area (Å²) < 4.78 is 0. The second-order valence-electron chi connectivity index (χ2n) is 2.69. The zero-order valence-corrected chi connectivity index (χ0v) is 8.72. The van der Waals surface area contributed by atoms with Crippen LogP contribution in [-0.4, -0.2) is 35.8 Å². The lowest BCUT2D eigenvalue weighted by atomic mass is 10.2. The Balaban J connectivity index is 2.71. The van der Waals surface area contributed by atoms with Crippen LogP contribution in [0.2, 0.25) is 0 Å². The van der Waals surface area contributed by atoms with Crippen LogP contribution >= 0.6 is 15.9 Å². The first-order valence-corrected chi connectivity index (χ1v) is 4.66. The normalized spacial score (nSPS) is 21.5. The fraction of sp³-hybridized carbons (Fsp3) is 0.500. The summed E-state index contributed by atoms with van der Waals surface area (Å²) in [5.74, 6) is 1.89. The topological polar surface area (TPSA) is 49.4 Å². The van der Waals surface area contributed by atoms with Crippen molar-refractivity contribution in [1.82, 2.24) is 10.2 Å². The van der Waals surface area contributed by atoms with Gasteiger partial charge in [0.1, 0.15) is 6.04 Å². The average molecular weight is 245 g/mol. The molecule has 1 fully saturated rings. The van der Waals surface area contributed by atoms with Gasteiger partial charge in [-0.3, -0.25) is 9.59 Å². The van der Waals surface area contributed by atoms with E-state index in [0.717, 1.165) is 0 Å². The monoisotopic (exact) mass is 244 g/mol. The van der Waals surface area contributed by atoms with Crippen LogP contribution in [0.15, 0.2) is 0 Å². The van der Waals surface area contributed by atoms with Crippen LogP contribution in [0, 0.1) is 10.8 Å². The number of piperazine rings is 1. The summed E-state index contributed by atoms with van der Waals surface area (Å²) in [6.45, 7) is 2.70. The zero-order valence-electron chi connectivity index (χ0n) is 7.13. The van der Waals surface area contributed by atoms with Crippen LogP contribution < -0.4 is 5.32 Å². The van der Waals surface area contributed by atoms with Crippen molar-refractivity contribution < 1.29 is 9.59 Å². The first-order chi connectivity index (χ1) is 6.16. The summed E-state index contributed by atoms with van der Waals surface area (Å²) in [4.78, 5) is 26.2. The minimum Gasteiger partial charge on any atom is -0.353 e. The molecular formula is C8H9BrN2O2. The number of amides is 2. The van der Waals surface area contributed by atoms with Crippen LogP contribution in [0.25, 0.3) is 0 Å². The number of nitrogens with zero attached hydrogens (tertiary/aromatic N) is 1. The van der Waals surface area contributed by atoms with E-state index in [-0.39, 0.29) is 11.8 Å². The molecule has 70 valence electrons. The van der Waals surface area contributed by atoms with Gasteiger partial charge in [0, 0.05) is 34.9 Å². The van der Waals surface area contributed by atoms with E-state index < -0.39 is 6.04 Å². The highest BCUT2D eigenvalue weighted by Gasteiger charge is 2.28. The maximum absolute atomic E-state index is 11.3. The van der Waals surface area contributed by atoms with Crippen LogP contribution in [0.5, 0.6) is 0 Å². The molecule has 1 N–H and O–H groups in total. The van der Waals surface area contributed by atoms with Gasteiger partial charge in [-0.15, -0.1) is 0 Å². The van der Waals surface area contributed by atoms with Gasteiger partial charge in [0.25, 0.3) is 5.91 Å². The quantitative estimate of drug-likeness (QED) is 0.595. The van der Waals surface area contributed by atoms with Crippen LogP contribution in [0.3, 0.4) is 0 Å². The summed E-state index contributed by atoms with van der Waals surface area (Å²) in [6.07, 6.45) is 0. The molecule has 2 amide bonds. The lowest BCUT2D eigenvalue weighted by Crippen LogP contribution is -2.55. The zero-order chi connectivity index (χ0) is 9.84. The molecule has 1 rings (SSSR count). The van der Waals surface area contributed by atoms with E-state index >= 15 is 0 Å². The second-order valence-corrected chi connectivity index (χ2v) is 3.08. The Hall–Kier alpha value is -1.02. The SMILES string of the molecule is CC1C(=O)NCCN1C(=O)C#CBr. The number of hydrogen-bond acceptors (Lipinski definition) is 2. The lowest BCUT2D eigenvalue weighted by molar-refractivity contribution is -0.138. The molecule has 1 unspecified atom stereocenters. The predicted molar refractivity (Wildman–Crippen MR) is 50.9 cm³/mol. The van der Waals surface area contributed by atoms with Crippen molar-refractivity contribution in [3.05, 3.63) is 0 Å². The molecular weight excluding hydrogens is 236 g/mol. The summed E-state index contributed by atoms with van der Waals surface area (Å²) in [7, 11) is 0. The molecule has 0 aromatic rings. The fourth-order valence-electron chi connectivity index (χ4n) is 1.17. The summed E-state index contributed by atoms with van der Waals surface area (Å²) >= 11 is 2.84. The van der Waals surface area contributed by atoms with Gasteiger partial charge in [-0.25, -0.2) is 0 Å². The van der Waals surface area contributed by atoms with Gasteiger partial charge in [-0.1, -0.05) is 0 Å². The highest BCUT2D eigenvalue weighted by atomic mass is 79.9. The van der Waals surface area contributed by atoms with E-state index in [0.29, 0.717) is 13.1 Å². The number of hydrogen-bond donors (Lipinski definition) is 1. The Bertz CT molecular complexity index is 292.